The van der Waals surface area contributed by atoms with Gasteiger partial charge in [0.2, 0.25) is 0 Å². The molecule has 0 aliphatic carbocycles. The average molecular weight is 230 g/mol. The molecule has 2 aromatic rings. The number of anilines is 1. The van der Waals surface area contributed by atoms with Crippen LogP contribution in [-0.2, 0) is 0 Å². The third kappa shape index (κ3) is 1.97. The number of halogens is 1. The molecule has 2 N–H and O–H groups in total. The molecule has 0 aliphatic rings. The van der Waals surface area contributed by atoms with Crippen molar-refractivity contribution in [3.8, 4) is 17.3 Å². The summed E-state index contributed by atoms with van der Waals surface area (Å²) < 4.78 is 0. The van der Waals surface area contributed by atoms with Crippen LogP contribution in [0.25, 0.3) is 11.3 Å². The van der Waals surface area contributed by atoms with Crippen LogP contribution in [0.15, 0.2) is 36.4 Å². The fourth-order valence-electron chi connectivity index (χ4n) is 1.38. The predicted octanol–water partition coefficient (Wildman–Crippen LogP) is 2.86. The zero-order valence-electron chi connectivity index (χ0n) is 8.31. The summed E-state index contributed by atoms with van der Waals surface area (Å²) in [7, 11) is 0. The molecule has 1 aromatic heterocycles. The molecule has 2 rings (SSSR count). The number of rotatable bonds is 1. The molecule has 0 amide bonds. The van der Waals surface area contributed by atoms with E-state index in [-0.39, 0.29) is 5.15 Å². The summed E-state index contributed by atoms with van der Waals surface area (Å²) in [6, 6.07) is 12.7. The van der Waals surface area contributed by atoms with E-state index < -0.39 is 0 Å². The molecule has 4 heteroatoms. The third-order valence-electron chi connectivity index (χ3n) is 2.15. The fourth-order valence-corrected chi connectivity index (χ4v) is 1.57. The quantitative estimate of drug-likeness (QED) is 0.604. The molecular formula is C12H8ClN3. The molecule has 3 nitrogen and oxygen atoms in total. The zero-order chi connectivity index (χ0) is 11.5. The largest absolute Gasteiger partial charge is 0.399 e. The Labute approximate surface area is 98.1 Å². The standard InChI is InChI=1S/C12H8ClN3/c13-12-9(7-14)4-5-11(16-12)8-2-1-3-10(15)6-8/h1-6H,15H2. The molecule has 0 spiro atoms. The van der Waals surface area contributed by atoms with Gasteiger partial charge in [0.1, 0.15) is 11.2 Å². The molecule has 16 heavy (non-hydrogen) atoms. The van der Waals surface area contributed by atoms with Gasteiger partial charge in [-0.15, -0.1) is 0 Å². The topological polar surface area (TPSA) is 62.7 Å². The number of aromatic nitrogens is 1. The molecule has 0 saturated heterocycles. The number of benzene rings is 1. The maximum atomic E-state index is 8.73. The van der Waals surface area contributed by atoms with Gasteiger partial charge in [-0.3, -0.25) is 0 Å². The molecule has 0 bridgehead atoms. The van der Waals surface area contributed by atoms with E-state index in [1.165, 1.54) is 0 Å². The number of nitrogen functional groups attached to an aromatic ring is 1. The van der Waals surface area contributed by atoms with Crippen LogP contribution < -0.4 is 5.73 Å². The average Bonchev–Trinajstić information content (AvgIpc) is 2.29. The van der Waals surface area contributed by atoms with Gasteiger partial charge in [0.25, 0.3) is 0 Å². The monoisotopic (exact) mass is 229 g/mol. The Morgan fingerprint density at radius 1 is 1.25 bits per heavy atom. The third-order valence-corrected chi connectivity index (χ3v) is 2.44. The number of nitrogens with two attached hydrogens (primary N) is 1. The van der Waals surface area contributed by atoms with Crippen molar-refractivity contribution in [3.05, 3.63) is 47.1 Å². The lowest BCUT2D eigenvalue weighted by molar-refractivity contribution is 1.30. The molecule has 0 unspecified atom stereocenters. The van der Waals surface area contributed by atoms with E-state index in [9.17, 15) is 0 Å². The second-order valence-electron chi connectivity index (χ2n) is 3.27. The van der Waals surface area contributed by atoms with Crippen LogP contribution in [-0.4, -0.2) is 4.98 Å². The van der Waals surface area contributed by atoms with Crippen LogP contribution in [0, 0.1) is 11.3 Å². The minimum atomic E-state index is 0.211. The van der Waals surface area contributed by atoms with Gasteiger partial charge in [0.15, 0.2) is 0 Å². The molecule has 0 fully saturated rings. The second kappa shape index (κ2) is 4.21. The first-order valence-corrected chi connectivity index (χ1v) is 5.01. The highest BCUT2D eigenvalue weighted by Crippen LogP contribution is 2.22. The molecule has 1 aromatic carbocycles. The van der Waals surface area contributed by atoms with Crippen molar-refractivity contribution in [3.63, 3.8) is 0 Å². The predicted molar refractivity (Wildman–Crippen MR) is 63.8 cm³/mol. The summed E-state index contributed by atoms with van der Waals surface area (Å²) in [4.78, 5) is 4.14. The van der Waals surface area contributed by atoms with Crippen molar-refractivity contribution in [1.29, 1.82) is 5.26 Å². The van der Waals surface area contributed by atoms with Crippen LogP contribution in [0.5, 0.6) is 0 Å². The van der Waals surface area contributed by atoms with Gasteiger partial charge in [0.05, 0.1) is 11.3 Å². The number of nitrogens with zero attached hydrogens (tertiary/aromatic N) is 2. The minimum Gasteiger partial charge on any atom is -0.399 e. The second-order valence-corrected chi connectivity index (χ2v) is 3.63. The van der Waals surface area contributed by atoms with Crippen molar-refractivity contribution < 1.29 is 0 Å². The summed E-state index contributed by atoms with van der Waals surface area (Å²) in [5, 5.41) is 8.94. The van der Waals surface area contributed by atoms with Crippen LogP contribution in [0.2, 0.25) is 5.15 Å². The Morgan fingerprint density at radius 3 is 2.69 bits per heavy atom. The Morgan fingerprint density at radius 2 is 2.06 bits per heavy atom. The van der Waals surface area contributed by atoms with Crippen molar-refractivity contribution in [2.24, 2.45) is 0 Å². The maximum Gasteiger partial charge on any atom is 0.147 e. The van der Waals surface area contributed by atoms with E-state index in [4.69, 9.17) is 22.6 Å². The lowest BCUT2D eigenvalue weighted by atomic mass is 10.1. The summed E-state index contributed by atoms with van der Waals surface area (Å²) in [5.41, 5.74) is 8.30. The smallest absolute Gasteiger partial charge is 0.147 e. The number of hydrogen-bond donors (Lipinski definition) is 1. The first-order valence-electron chi connectivity index (χ1n) is 4.63. The Balaban J connectivity index is 2.50. The van der Waals surface area contributed by atoms with Crippen LogP contribution in [0.1, 0.15) is 5.56 Å². The molecule has 0 saturated carbocycles. The number of nitriles is 1. The molecule has 1 heterocycles. The van der Waals surface area contributed by atoms with Crippen molar-refractivity contribution in [1.82, 2.24) is 4.98 Å². The van der Waals surface area contributed by atoms with Gasteiger partial charge in [-0.05, 0) is 24.3 Å². The van der Waals surface area contributed by atoms with Crippen molar-refractivity contribution in [2.75, 3.05) is 5.73 Å². The van der Waals surface area contributed by atoms with Gasteiger partial charge in [-0.25, -0.2) is 4.98 Å². The molecule has 0 aliphatic heterocycles. The lowest BCUT2D eigenvalue weighted by Gasteiger charge is -2.03. The molecule has 78 valence electrons. The van der Waals surface area contributed by atoms with Crippen LogP contribution in [0.4, 0.5) is 5.69 Å². The maximum absolute atomic E-state index is 8.73. The first kappa shape index (κ1) is 10.5. The Bertz CT molecular complexity index is 573. The SMILES string of the molecule is N#Cc1ccc(-c2cccc(N)c2)nc1Cl. The van der Waals surface area contributed by atoms with E-state index in [0.717, 1.165) is 5.56 Å². The lowest BCUT2D eigenvalue weighted by Crippen LogP contribution is -1.89. The van der Waals surface area contributed by atoms with Crippen molar-refractivity contribution in [2.45, 2.75) is 0 Å². The van der Waals surface area contributed by atoms with Gasteiger partial charge in [0, 0.05) is 11.3 Å². The van der Waals surface area contributed by atoms with E-state index in [0.29, 0.717) is 16.9 Å². The summed E-state index contributed by atoms with van der Waals surface area (Å²) >= 11 is 5.85. The highest BCUT2D eigenvalue weighted by molar-refractivity contribution is 6.30. The van der Waals surface area contributed by atoms with Crippen LogP contribution >= 0.6 is 11.6 Å². The Hall–Kier alpha value is -2.05. The minimum absolute atomic E-state index is 0.211. The molecule has 0 radical (unpaired) electrons. The summed E-state index contributed by atoms with van der Waals surface area (Å²) in [6.07, 6.45) is 0. The zero-order valence-corrected chi connectivity index (χ0v) is 9.07. The van der Waals surface area contributed by atoms with E-state index in [1.54, 1.807) is 18.2 Å². The van der Waals surface area contributed by atoms with E-state index >= 15 is 0 Å². The van der Waals surface area contributed by atoms with E-state index in [2.05, 4.69) is 4.98 Å². The summed E-state index contributed by atoms with van der Waals surface area (Å²) in [5.74, 6) is 0. The first-order chi connectivity index (χ1) is 7.70. The Kier molecular flexibility index (Phi) is 2.76. The fraction of sp³-hybridized carbons (Fsp3) is 0. The van der Waals surface area contributed by atoms with Crippen molar-refractivity contribution >= 4 is 17.3 Å². The number of pyridine rings is 1. The normalized spacial score (nSPS) is 9.75. The molecular weight excluding hydrogens is 222 g/mol. The van der Waals surface area contributed by atoms with Gasteiger partial charge < -0.3 is 5.73 Å². The van der Waals surface area contributed by atoms with Gasteiger partial charge >= 0.3 is 0 Å². The van der Waals surface area contributed by atoms with Crippen LogP contribution in [0.3, 0.4) is 0 Å². The molecule has 0 atom stereocenters. The number of hydrogen-bond acceptors (Lipinski definition) is 3. The van der Waals surface area contributed by atoms with Gasteiger partial charge in [-0.1, -0.05) is 23.7 Å². The van der Waals surface area contributed by atoms with E-state index in [1.807, 2.05) is 24.3 Å². The highest BCUT2D eigenvalue weighted by Gasteiger charge is 2.04. The highest BCUT2D eigenvalue weighted by atomic mass is 35.5. The van der Waals surface area contributed by atoms with Gasteiger partial charge in [-0.2, -0.15) is 5.26 Å². The summed E-state index contributed by atoms with van der Waals surface area (Å²) in [6.45, 7) is 0.